The van der Waals surface area contributed by atoms with Crippen LogP contribution in [-0.4, -0.2) is 19.6 Å². The van der Waals surface area contributed by atoms with Gasteiger partial charge in [0.1, 0.15) is 0 Å². The molecule has 2 aromatic rings. The molecule has 1 N–H and O–H groups in total. The van der Waals surface area contributed by atoms with Gasteiger partial charge in [-0.1, -0.05) is 42.0 Å². The van der Waals surface area contributed by atoms with Crippen LogP contribution < -0.4 is 5.32 Å². The van der Waals surface area contributed by atoms with E-state index in [4.69, 9.17) is 4.74 Å². The van der Waals surface area contributed by atoms with Crippen LogP contribution in [-0.2, 0) is 4.74 Å². The van der Waals surface area contributed by atoms with Crippen molar-refractivity contribution in [3.05, 3.63) is 70.8 Å². The molecule has 110 valence electrons. The maximum Gasteiger partial charge on any atom is 0.251 e. The van der Waals surface area contributed by atoms with Gasteiger partial charge in [0.25, 0.3) is 5.91 Å². The Kier molecular flexibility index (Phi) is 5.12. The summed E-state index contributed by atoms with van der Waals surface area (Å²) in [6, 6.07) is 15.6. The Morgan fingerprint density at radius 2 is 1.90 bits per heavy atom. The van der Waals surface area contributed by atoms with Gasteiger partial charge in [0.2, 0.25) is 0 Å². The van der Waals surface area contributed by atoms with Crippen molar-refractivity contribution in [3.63, 3.8) is 0 Å². The van der Waals surface area contributed by atoms with Crippen LogP contribution in [0.15, 0.2) is 48.5 Å². The average Bonchev–Trinajstić information content (AvgIpc) is 2.49. The summed E-state index contributed by atoms with van der Waals surface area (Å²) in [5.41, 5.74) is 4.01. The van der Waals surface area contributed by atoms with Gasteiger partial charge in [-0.2, -0.15) is 0 Å². The highest BCUT2D eigenvalue weighted by Gasteiger charge is 2.14. The molecule has 3 nitrogen and oxygen atoms in total. The van der Waals surface area contributed by atoms with Crippen molar-refractivity contribution >= 4 is 5.91 Å². The fourth-order valence-electron chi connectivity index (χ4n) is 2.34. The SMILES string of the molecule is COC(CNC(=O)c1cccc(C)c1)c1ccccc1C. The number of hydrogen-bond acceptors (Lipinski definition) is 2. The minimum Gasteiger partial charge on any atom is -0.375 e. The molecule has 0 saturated carbocycles. The van der Waals surface area contributed by atoms with E-state index in [1.807, 2.05) is 62.4 Å². The lowest BCUT2D eigenvalue weighted by Gasteiger charge is -2.18. The molecule has 0 saturated heterocycles. The fraction of sp³-hybridized carbons (Fsp3) is 0.278. The highest BCUT2D eigenvalue weighted by atomic mass is 16.5. The Hall–Kier alpha value is -2.13. The molecule has 0 bridgehead atoms. The van der Waals surface area contributed by atoms with E-state index in [1.54, 1.807) is 7.11 Å². The first-order chi connectivity index (χ1) is 10.1. The summed E-state index contributed by atoms with van der Waals surface area (Å²) in [5.74, 6) is -0.0747. The molecule has 1 unspecified atom stereocenters. The molecule has 0 heterocycles. The lowest BCUT2D eigenvalue weighted by Crippen LogP contribution is -2.29. The predicted molar refractivity (Wildman–Crippen MR) is 84.4 cm³/mol. The van der Waals surface area contributed by atoms with E-state index in [1.165, 1.54) is 0 Å². The molecule has 0 aliphatic heterocycles. The van der Waals surface area contributed by atoms with E-state index in [-0.39, 0.29) is 12.0 Å². The Morgan fingerprint density at radius 1 is 1.14 bits per heavy atom. The second kappa shape index (κ2) is 7.04. The number of hydrogen-bond donors (Lipinski definition) is 1. The molecule has 0 aliphatic carbocycles. The van der Waals surface area contributed by atoms with Crippen molar-refractivity contribution in [3.8, 4) is 0 Å². The van der Waals surface area contributed by atoms with Crippen molar-refractivity contribution in [2.24, 2.45) is 0 Å². The number of carbonyl (C=O) groups excluding carboxylic acids is 1. The first-order valence-corrected chi connectivity index (χ1v) is 7.05. The van der Waals surface area contributed by atoms with Gasteiger partial charge in [0.05, 0.1) is 6.10 Å². The van der Waals surface area contributed by atoms with Gasteiger partial charge in [0.15, 0.2) is 0 Å². The number of nitrogens with one attached hydrogen (secondary N) is 1. The molecule has 0 fully saturated rings. The Bertz CT molecular complexity index is 622. The zero-order chi connectivity index (χ0) is 15.2. The van der Waals surface area contributed by atoms with E-state index in [0.29, 0.717) is 12.1 Å². The molecule has 2 aromatic carbocycles. The Morgan fingerprint density at radius 3 is 2.57 bits per heavy atom. The van der Waals surface area contributed by atoms with Crippen molar-refractivity contribution in [2.45, 2.75) is 20.0 Å². The third-order valence-corrected chi connectivity index (χ3v) is 3.55. The molecule has 1 amide bonds. The van der Waals surface area contributed by atoms with E-state index >= 15 is 0 Å². The number of amides is 1. The van der Waals surface area contributed by atoms with Crippen LogP contribution >= 0.6 is 0 Å². The fourth-order valence-corrected chi connectivity index (χ4v) is 2.34. The van der Waals surface area contributed by atoms with Crippen molar-refractivity contribution in [1.82, 2.24) is 5.32 Å². The van der Waals surface area contributed by atoms with Crippen molar-refractivity contribution in [1.29, 1.82) is 0 Å². The lowest BCUT2D eigenvalue weighted by molar-refractivity contribution is 0.0826. The summed E-state index contributed by atoms with van der Waals surface area (Å²) in [4.78, 5) is 12.2. The Labute approximate surface area is 126 Å². The zero-order valence-electron chi connectivity index (χ0n) is 12.7. The van der Waals surface area contributed by atoms with E-state index in [2.05, 4.69) is 5.32 Å². The number of aryl methyl sites for hydroxylation is 2. The topological polar surface area (TPSA) is 38.3 Å². The number of benzene rings is 2. The predicted octanol–water partition coefficient (Wildman–Crippen LogP) is 3.42. The molecule has 0 aromatic heterocycles. The monoisotopic (exact) mass is 283 g/mol. The van der Waals surface area contributed by atoms with Crippen LogP contribution in [0.25, 0.3) is 0 Å². The van der Waals surface area contributed by atoms with Crippen molar-refractivity contribution in [2.75, 3.05) is 13.7 Å². The summed E-state index contributed by atoms with van der Waals surface area (Å²) in [7, 11) is 1.66. The van der Waals surface area contributed by atoms with Crippen LogP contribution in [0.2, 0.25) is 0 Å². The molecule has 3 heteroatoms. The standard InChI is InChI=1S/C18H21NO2/c1-13-7-6-9-15(11-13)18(20)19-12-17(21-3)16-10-5-4-8-14(16)2/h4-11,17H,12H2,1-3H3,(H,19,20). The zero-order valence-corrected chi connectivity index (χ0v) is 12.7. The molecule has 0 spiro atoms. The van der Waals surface area contributed by atoms with Crippen LogP contribution in [0.5, 0.6) is 0 Å². The molecule has 1 atom stereocenters. The van der Waals surface area contributed by atoms with E-state index in [9.17, 15) is 4.79 Å². The van der Waals surface area contributed by atoms with E-state index in [0.717, 1.165) is 16.7 Å². The maximum atomic E-state index is 12.2. The largest absolute Gasteiger partial charge is 0.375 e. The van der Waals surface area contributed by atoms with Gasteiger partial charge < -0.3 is 10.1 Å². The maximum absolute atomic E-state index is 12.2. The summed E-state index contributed by atoms with van der Waals surface area (Å²) in [6.07, 6.45) is -0.139. The van der Waals surface area contributed by atoms with Gasteiger partial charge in [0, 0.05) is 19.2 Å². The van der Waals surface area contributed by atoms with Crippen LogP contribution in [0, 0.1) is 13.8 Å². The normalized spacial score (nSPS) is 12.0. The second-order valence-corrected chi connectivity index (χ2v) is 5.16. The minimum absolute atomic E-state index is 0.0747. The average molecular weight is 283 g/mol. The lowest BCUT2D eigenvalue weighted by atomic mass is 10.0. The minimum atomic E-state index is -0.139. The van der Waals surface area contributed by atoms with Crippen LogP contribution in [0.3, 0.4) is 0 Å². The molecular formula is C18H21NO2. The van der Waals surface area contributed by atoms with Gasteiger partial charge >= 0.3 is 0 Å². The summed E-state index contributed by atoms with van der Waals surface area (Å²) in [5, 5.41) is 2.94. The highest BCUT2D eigenvalue weighted by Crippen LogP contribution is 2.19. The third-order valence-electron chi connectivity index (χ3n) is 3.55. The van der Waals surface area contributed by atoms with Gasteiger partial charge in [-0.3, -0.25) is 4.79 Å². The third kappa shape index (κ3) is 3.92. The highest BCUT2D eigenvalue weighted by molar-refractivity contribution is 5.94. The first kappa shape index (κ1) is 15.3. The number of rotatable bonds is 5. The molecular weight excluding hydrogens is 262 g/mol. The number of methoxy groups -OCH3 is 1. The first-order valence-electron chi connectivity index (χ1n) is 7.05. The van der Waals surface area contributed by atoms with Gasteiger partial charge in [-0.25, -0.2) is 0 Å². The summed E-state index contributed by atoms with van der Waals surface area (Å²) >= 11 is 0. The van der Waals surface area contributed by atoms with Crippen LogP contribution in [0.1, 0.15) is 33.2 Å². The smallest absolute Gasteiger partial charge is 0.251 e. The van der Waals surface area contributed by atoms with Crippen molar-refractivity contribution < 1.29 is 9.53 Å². The second-order valence-electron chi connectivity index (χ2n) is 5.16. The number of ether oxygens (including phenoxy) is 1. The number of carbonyl (C=O) groups is 1. The Balaban J connectivity index is 2.04. The van der Waals surface area contributed by atoms with Crippen LogP contribution in [0.4, 0.5) is 0 Å². The summed E-state index contributed by atoms with van der Waals surface area (Å²) < 4.78 is 5.51. The van der Waals surface area contributed by atoms with Gasteiger partial charge in [-0.15, -0.1) is 0 Å². The van der Waals surface area contributed by atoms with E-state index < -0.39 is 0 Å². The summed E-state index contributed by atoms with van der Waals surface area (Å²) in [6.45, 7) is 4.47. The quantitative estimate of drug-likeness (QED) is 0.913. The molecule has 0 radical (unpaired) electrons. The van der Waals surface area contributed by atoms with Gasteiger partial charge in [-0.05, 0) is 37.1 Å². The molecule has 2 rings (SSSR count). The molecule has 0 aliphatic rings. The molecule has 21 heavy (non-hydrogen) atoms.